The summed E-state index contributed by atoms with van der Waals surface area (Å²) in [5, 5.41) is 0. The minimum absolute atomic E-state index is 0.320. The van der Waals surface area contributed by atoms with Gasteiger partial charge in [0, 0.05) is 6.08 Å². The molecule has 0 radical (unpaired) electrons. The third-order valence-corrected chi connectivity index (χ3v) is 2.18. The van der Waals surface area contributed by atoms with Gasteiger partial charge in [0.15, 0.2) is 16.9 Å². The van der Waals surface area contributed by atoms with Crippen LogP contribution in [0.5, 0.6) is 0 Å². The van der Waals surface area contributed by atoms with Crippen LogP contribution in [-0.2, 0) is 20.7 Å². The summed E-state index contributed by atoms with van der Waals surface area (Å²) in [5.74, 6) is -1.41. The zero-order valence-corrected chi connectivity index (χ0v) is 7.08. The van der Waals surface area contributed by atoms with Crippen molar-refractivity contribution in [2.24, 2.45) is 0 Å². The van der Waals surface area contributed by atoms with Gasteiger partial charge in [0.1, 0.15) is 11.3 Å². The Kier molecular flexibility index (Phi) is 2.62. The highest BCUT2D eigenvalue weighted by Gasteiger charge is 2.32. The molecule has 0 aliphatic heterocycles. The Morgan fingerprint density at radius 3 is 2.62 bits per heavy atom. The average molecular weight is 200 g/mol. The van der Waals surface area contributed by atoms with Crippen molar-refractivity contribution in [1.29, 1.82) is 0 Å². The Hall–Kier alpha value is -1.43. The molecule has 0 aromatic rings. The van der Waals surface area contributed by atoms with Crippen LogP contribution in [0.3, 0.4) is 0 Å². The molecule has 1 atom stereocenters. The van der Waals surface area contributed by atoms with Gasteiger partial charge in [-0.05, 0) is 0 Å². The molecule has 0 fully saturated rings. The fourth-order valence-corrected chi connectivity index (χ4v) is 1.32. The fraction of sp³-hybridized carbons (Fsp3) is 0.167. The molecule has 1 aliphatic carbocycles. The lowest BCUT2D eigenvalue weighted by molar-refractivity contribution is -0.119. The third kappa shape index (κ3) is 1.83. The molecule has 1 rings (SSSR count). The second kappa shape index (κ2) is 3.53. The predicted molar refractivity (Wildman–Crippen MR) is 42.1 cm³/mol. The summed E-state index contributed by atoms with van der Waals surface area (Å²) < 4.78 is 19.0. The normalized spacial score (nSPS) is 19.5. The maximum Gasteiger partial charge on any atom is 0.346 e. The highest BCUT2D eigenvalue weighted by Crippen LogP contribution is 2.11. The Morgan fingerprint density at radius 2 is 2.15 bits per heavy atom. The van der Waals surface area contributed by atoms with Gasteiger partial charge < -0.3 is 10.1 Å². The van der Waals surface area contributed by atoms with Crippen molar-refractivity contribution in [3.05, 3.63) is 16.5 Å². The van der Waals surface area contributed by atoms with Crippen LogP contribution in [0.15, 0.2) is 11.0 Å². The fourth-order valence-electron chi connectivity index (χ4n) is 0.842. The second-order valence-electron chi connectivity index (χ2n) is 2.27. The number of hydrogen-bond acceptors (Lipinski definition) is 3. The van der Waals surface area contributed by atoms with E-state index in [-0.39, 0.29) is 5.71 Å². The van der Waals surface area contributed by atoms with Gasteiger partial charge in [-0.25, -0.2) is 4.21 Å². The SMILES string of the molecule is [N-]=[N+]=C1CC(=O)C(S(=O)O)=CC1=O. The highest BCUT2D eigenvalue weighted by molar-refractivity contribution is 7.84. The molecule has 1 aliphatic rings. The lowest BCUT2D eigenvalue weighted by Gasteiger charge is -2.02. The first-order chi connectivity index (χ1) is 6.06. The number of ketones is 2. The van der Waals surface area contributed by atoms with Gasteiger partial charge in [-0.15, -0.1) is 0 Å². The standard InChI is InChI=1S/C6H4N2O4S/c7-8-3-1-5(10)6(13(11)12)2-4(3)9/h2H,1H2,(H,11,12). The average Bonchev–Trinajstić information content (AvgIpc) is 2.07. The molecule has 68 valence electrons. The molecule has 1 unspecified atom stereocenters. The lowest BCUT2D eigenvalue weighted by Crippen LogP contribution is -2.26. The van der Waals surface area contributed by atoms with Crippen molar-refractivity contribution in [2.75, 3.05) is 0 Å². The number of Topliss-reactive ketones (excluding diaryl/α,β-unsaturated/α-hetero) is 1. The third-order valence-electron chi connectivity index (χ3n) is 1.46. The molecule has 0 spiro atoms. The van der Waals surface area contributed by atoms with Crippen LogP contribution in [-0.4, -0.2) is 30.8 Å². The van der Waals surface area contributed by atoms with Crippen LogP contribution in [0.25, 0.3) is 5.53 Å². The molecular weight excluding hydrogens is 196 g/mol. The summed E-state index contributed by atoms with van der Waals surface area (Å²) >= 11 is -2.47. The van der Waals surface area contributed by atoms with Crippen molar-refractivity contribution in [3.8, 4) is 0 Å². The quantitative estimate of drug-likeness (QED) is 0.343. The van der Waals surface area contributed by atoms with Gasteiger partial charge in [-0.2, -0.15) is 4.79 Å². The van der Waals surface area contributed by atoms with Crippen molar-refractivity contribution in [3.63, 3.8) is 0 Å². The van der Waals surface area contributed by atoms with Crippen LogP contribution in [0.1, 0.15) is 6.42 Å². The van der Waals surface area contributed by atoms with Crippen LogP contribution in [0.2, 0.25) is 0 Å². The molecule has 0 saturated heterocycles. The number of carbonyl (C=O) groups excluding carboxylic acids is 2. The molecule has 1 N–H and O–H groups in total. The summed E-state index contributed by atoms with van der Waals surface area (Å²) in [5.41, 5.74) is 7.93. The molecular formula is C6H4N2O4S. The Labute approximate surface area is 75.2 Å². The molecule has 13 heavy (non-hydrogen) atoms. The van der Waals surface area contributed by atoms with Gasteiger partial charge in [-0.1, -0.05) is 0 Å². The number of nitrogens with zero attached hydrogens (tertiary/aromatic N) is 2. The topological polar surface area (TPSA) is 108 Å². The molecule has 7 heteroatoms. The van der Waals surface area contributed by atoms with E-state index >= 15 is 0 Å². The minimum atomic E-state index is -2.47. The van der Waals surface area contributed by atoms with E-state index in [9.17, 15) is 13.8 Å². The predicted octanol–water partition coefficient (Wildman–Crippen LogP) is -0.695. The van der Waals surface area contributed by atoms with Gasteiger partial charge in [0.25, 0.3) is 5.78 Å². The second-order valence-corrected chi connectivity index (χ2v) is 3.21. The summed E-state index contributed by atoms with van der Waals surface area (Å²) in [6, 6.07) is 0. The number of hydrogen-bond donors (Lipinski definition) is 1. The monoisotopic (exact) mass is 200 g/mol. The van der Waals surface area contributed by atoms with Crippen molar-refractivity contribution >= 4 is 28.4 Å². The summed E-state index contributed by atoms with van der Waals surface area (Å²) in [7, 11) is 0. The first-order valence-corrected chi connectivity index (χ1v) is 4.28. The maximum atomic E-state index is 11.0. The molecule has 0 aromatic carbocycles. The van der Waals surface area contributed by atoms with E-state index in [1.165, 1.54) is 0 Å². The number of carbonyl (C=O) groups is 2. The molecule has 0 amide bonds. The first-order valence-electron chi connectivity index (χ1n) is 3.17. The van der Waals surface area contributed by atoms with Gasteiger partial charge in [0.2, 0.25) is 0 Å². The van der Waals surface area contributed by atoms with E-state index < -0.39 is 34.0 Å². The highest BCUT2D eigenvalue weighted by atomic mass is 32.2. The van der Waals surface area contributed by atoms with Gasteiger partial charge in [-0.3, -0.25) is 9.59 Å². The van der Waals surface area contributed by atoms with Crippen LogP contribution >= 0.6 is 0 Å². The summed E-state index contributed by atoms with van der Waals surface area (Å²) in [6.45, 7) is 0. The Bertz CT molecular complexity index is 391. The van der Waals surface area contributed by atoms with Gasteiger partial charge in [0.05, 0.1) is 0 Å². The zero-order valence-electron chi connectivity index (χ0n) is 6.26. The Balaban J connectivity index is 3.18. The zero-order chi connectivity index (χ0) is 10.0. The summed E-state index contributed by atoms with van der Waals surface area (Å²) in [6.07, 6.45) is 0.268. The van der Waals surface area contributed by atoms with Crippen molar-refractivity contribution < 1.29 is 23.1 Å². The van der Waals surface area contributed by atoms with Gasteiger partial charge >= 0.3 is 5.71 Å². The van der Waals surface area contributed by atoms with Crippen LogP contribution < -0.4 is 0 Å². The van der Waals surface area contributed by atoms with Crippen molar-refractivity contribution in [2.45, 2.75) is 6.42 Å². The van der Waals surface area contributed by atoms with Crippen molar-refractivity contribution in [1.82, 2.24) is 0 Å². The van der Waals surface area contributed by atoms with Crippen LogP contribution in [0, 0.1) is 0 Å². The molecule has 0 aromatic heterocycles. The first kappa shape index (κ1) is 9.66. The van der Waals surface area contributed by atoms with E-state index in [1.807, 2.05) is 0 Å². The van der Waals surface area contributed by atoms with E-state index in [1.54, 1.807) is 0 Å². The van der Waals surface area contributed by atoms with E-state index in [0.717, 1.165) is 0 Å². The van der Waals surface area contributed by atoms with Crippen LogP contribution in [0.4, 0.5) is 0 Å². The lowest BCUT2D eigenvalue weighted by atomic mass is 10.0. The number of allylic oxidation sites excluding steroid dienone is 2. The number of rotatable bonds is 1. The smallest absolute Gasteiger partial charge is 0.346 e. The largest absolute Gasteiger partial charge is 0.361 e. The Morgan fingerprint density at radius 1 is 1.54 bits per heavy atom. The molecule has 0 bridgehead atoms. The van der Waals surface area contributed by atoms with E-state index in [4.69, 9.17) is 10.1 Å². The van der Waals surface area contributed by atoms with E-state index in [2.05, 4.69) is 4.79 Å². The summed E-state index contributed by atoms with van der Waals surface area (Å²) in [4.78, 5) is 24.0. The van der Waals surface area contributed by atoms with E-state index in [0.29, 0.717) is 6.08 Å². The molecule has 6 nitrogen and oxygen atoms in total. The maximum absolute atomic E-state index is 11.0. The molecule has 0 saturated carbocycles. The molecule has 0 heterocycles. The minimum Gasteiger partial charge on any atom is -0.361 e.